The predicted molar refractivity (Wildman–Crippen MR) is 51.7 cm³/mol. The minimum Gasteiger partial charge on any atom is -0.153 e. The van der Waals surface area contributed by atoms with E-state index in [1.165, 1.54) is 11.1 Å². The Bertz CT molecular complexity index is 194. The average Bonchev–Trinajstić information content (AvgIpc) is 1.89. The van der Waals surface area contributed by atoms with Crippen molar-refractivity contribution in [3.8, 4) is 0 Å². The lowest BCUT2D eigenvalue weighted by molar-refractivity contribution is 1.11. The van der Waals surface area contributed by atoms with Crippen LogP contribution in [-0.4, -0.2) is 0 Å². The Morgan fingerprint density at radius 1 is 1.20 bits per heavy atom. The first-order chi connectivity index (χ1) is 4.34. The van der Waals surface area contributed by atoms with Crippen LogP contribution in [0.15, 0.2) is 24.3 Å². The van der Waals surface area contributed by atoms with Crippen molar-refractivity contribution in [3.05, 3.63) is 35.4 Å². The fourth-order valence-corrected chi connectivity index (χ4v) is 1.01. The molecule has 10 heavy (non-hydrogen) atoms. The van der Waals surface area contributed by atoms with Crippen LogP contribution in [0.3, 0.4) is 0 Å². The van der Waals surface area contributed by atoms with E-state index in [4.69, 9.17) is 0 Å². The van der Waals surface area contributed by atoms with E-state index in [1.54, 1.807) is 0 Å². The van der Waals surface area contributed by atoms with Crippen molar-refractivity contribution in [2.45, 2.75) is 20.3 Å². The molecule has 0 saturated carbocycles. The summed E-state index contributed by atoms with van der Waals surface area (Å²) in [5, 5.41) is 0. The van der Waals surface area contributed by atoms with Gasteiger partial charge in [-0.15, -0.1) is 0 Å². The van der Waals surface area contributed by atoms with E-state index in [9.17, 15) is 0 Å². The number of hydrogen-bond donors (Lipinski definition) is 0. The lowest BCUT2D eigenvalue weighted by atomic mass is 10.1. The molecular weight excluding hydrogens is 139 g/mol. The molecule has 0 aliphatic rings. The minimum absolute atomic E-state index is 0. The van der Waals surface area contributed by atoms with E-state index in [1.807, 2.05) is 0 Å². The monoisotopic (exact) mass is 154 g/mol. The Kier molecular flexibility index (Phi) is 4.31. The van der Waals surface area contributed by atoms with Gasteiger partial charge in [0.05, 0.1) is 0 Å². The molecule has 1 aromatic rings. The molecule has 0 spiro atoms. The first-order valence-electron chi connectivity index (χ1n) is 3.39. The van der Waals surface area contributed by atoms with E-state index in [2.05, 4.69) is 38.1 Å². The summed E-state index contributed by atoms with van der Waals surface area (Å²) in [4.78, 5) is 0. The van der Waals surface area contributed by atoms with Crippen molar-refractivity contribution in [1.82, 2.24) is 0 Å². The van der Waals surface area contributed by atoms with Gasteiger partial charge in [-0.1, -0.05) is 31.2 Å². The van der Waals surface area contributed by atoms with E-state index < -0.39 is 0 Å². The van der Waals surface area contributed by atoms with Gasteiger partial charge >= 0.3 is 0 Å². The van der Waals surface area contributed by atoms with Crippen LogP contribution in [0.1, 0.15) is 18.1 Å². The highest BCUT2D eigenvalue weighted by Crippen LogP contribution is 2.06. The molecule has 56 valence electrons. The third-order valence-corrected chi connectivity index (χ3v) is 1.64. The molecular formula is C9H15P. The molecule has 0 nitrogen and oxygen atoms in total. The first-order valence-corrected chi connectivity index (χ1v) is 3.39. The van der Waals surface area contributed by atoms with Crippen LogP contribution in [0.2, 0.25) is 0 Å². The van der Waals surface area contributed by atoms with Crippen molar-refractivity contribution in [2.75, 3.05) is 0 Å². The van der Waals surface area contributed by atoms with Gasteiger partial charge in [-0.05, 0) is 24.5 Å². The molecule has 0 heterocycles. The first kappa shape index (κ1) is 9.65. The molecule has 1 aromatic carbocycles. The normalized spacial score (nSPS) is 8.60. The van der Waals surface area contributed by atoms with Crippen molar-refractivity contribution in [1.29, 1.82) is 0 Å². The lowest BCUT2D eigenvalue weighted by Gasteiger charge is -1.98. The lowest BCUT2D eigenvalue weighted by Crippen LogP contribution is -1.82. The molecule has 0 aliphatic carbocycles. The number of aryl methyl sites for hydroxylation is 2. The second-order valence-electron chi connectivity index (χ2n) is 2.28. The summed E-state index contributed by atoms with van der Waals surface area (Å²) in [7, 11) is 0. The molecule has 0 radical (unpaired) electrons. The van der Waals surface area contributed by atoms with Crippen molar-refractivity contribution in [3.63, 3.8) is 0 Å². The summed E-state index contributed by atoms with van der Waals surface area (Å²) < 4.78 is 0. The second-order valence-corrected chi connectivity index (χ2v) is 2.28. The summed E-state index contributed by atoms with van der Waals surface area (Å²) in [6.45, 7) is 4.33. The van der Waals surface area contributed by atoms with Crippen molar-refractivity contribution >= 4 is 9.90 Å². The molecule has 1 atom stereocenters. The largest absolute Gasteiger partial charge is 0.153 e. The highest BCUT2D eigenvalue weighted by atomic mass is 31.0. The molecule has 0 aliphatic heterocycles. The Morgan fingerprint density at radius 3 is 2.20 bits per heavy atom. The van der Waals surface area contributed by atoms with Gasteiger partial charge < -0.3 is 0 Å². The van der Waals surface area contributed by atoms with Gasteiger partial charge in [0.1, 0.15) is 0 Å². The molecule has 0 amide bonds. The molecule has 1 rings (SSSR count). The van der Waals surface area contributed by atoms with Gasteiger partial charge in [-0.25, -0.2) is 0 Å². The van der Waals surface area contributed by atoms with E-state index in [0.717, 1.165) is 6.42 Å². The summed E-state index contributed by atoms with van der Waals surface area (Å²) in [6.07, 6.45) is 1.15. The molecule has 0 bridgehead atoms. The van der Waals surface area contributed by atoms with Gasteiger partial charge in [-0.3, -0.25) is 0 Å². The Balaban J connectivity index is 0.000000810. The van der Waals surface area contributed by atoms with Gasteiger partial charge in [0.2, 0.25) is 0 Å². The second kappa shape index (κ2) is 4.46. The SMILES string of the molecule is CCc1ccccc1C.P. The summed E-state index contributed by atoms with van der Waals surface area (Å²) in [6, 6.07) is 8.49. The quantitative estimate of drug-likeness (QED) is 0.545. The zero-order valence-electron chi connectivity index (χ0n) is 6.72. The zero-order chi connectivity index (χ0) is 6.69. The van der Waals surface area contributed by atoms with Crippen molar-refractivity contribution in [2.24, 2.45) is 0 Å². The van der Waals surface area contributed by atoms with Crippen LogP contribution in [-0.2, 0) is 6.42 Å². The Morgan fingerprint density at radius 2 is 1.80 bits per heavy atom. The maximum atomic E-state index is 2.18. The summed E-state index contributed by atoms with van der Waals surface area (Å²) in [5.41, 5.74) is 2.86. The third kappa shape index (κ3) is 2.11. The van der Waals surface area contributed by atoms with Crippen LogP contribution in [0, 0.1) is 6.92 Å². The molecule has 0 N–H and O–H groups in total. The molecule has 1 unspecified atom stereocenters. The predicted octanol–water partition coefficient (Wildman–Crippen LogP) is 2.62. The van der Waals surface area contributed by atoms with Crippen LogP contribution in [0.25, 0.3) is 0 Å². The zero-order valence-corrected chi connectivity index (χ0v) is 8.14. The van der Waals surface area contributed by atoms with Crippen LogP contribution in [0.4, 0.5) is 0 Å². The van der Waals surface area contributed by atoms with Crippen molar-refractivity contribution < 1.29 is 0 Å². The van der Waals surface area contributed by atoms with Crippen LogP contribution < -0.4 is 0 Å². The Hall–Kier alpha value is -0.350. The Labute approximate surface area is 66.3 Å². The number of rotatable bonds is 1. The van der Waals surface area contributed by atoms with Gasteiger partial charge in [0, 0.05) is 0 Å². The highest BCUT2D eigenvalue weighted by Gasteiger charge is 1.89. The summed E-state index contributed by atoms with van der Waals surface area (Å²) in [5.74, 6) is 0. The molecule has 0 fully saturated rings. The average molecular weight is 154 g/mol. The van der Waals surface area contributed by atoms with Crippen LogP contribution in [0.5, 0.6) is 0 Å². The van der Waals surface area contributed by atoms with E-state index >= 15 is 0 Å². The van der Waals surface area contributed by atoms with Crippen LogP contribution >= 0.6 is 9.90 Å². The maximum Gasteiger partial charge on any atom is -0.0305 e. The summed E-state index contributed by atoms with van der Waals surface area (Å²) >= 11 is 0. The van der Waals surface area contributed by atoms with E-state index in [0.29, 0.717) is 0 Å². The highest BCUT2D eigenvalue weighted by molar-refractivity contribution is 6.92. The molecule has 1 heteroatoms. The standard InChI is InChI=1S/C9H12.H3P/c1-3-9-7-5-4-6-8(9)2;/h4-7H,3H2,1-2H3;1H3. The smallest absolute Gasteiger partial charge is 0.0305 e. The fraction of sp³-hybridized carbons (Fsp3) is 0.333. The topological polar surface area (TPSA) is 0 Å². The van der Waals surface area contributed by atoms with Gasteiger partial charge in [0.25, 0.3) is 0 Å². The maximum absolute atomic E-state index is 2.18. The van der Waals surface area contributed by atoms with Gasteiger partial charge in [-0.2, -0.15) is 9.90 Å². The minimum atomic E-state index is 0. The molecule has 0 saturated heterocycles. The number of hydrogen-bond acceptors (Lipinski definition) is 0. The van der Waals surface area contributed by atoms with Gasteiger partial charge in [0.15, 0.2) is 0 Å². The van der Waals surface area contributed by atoms with E-state index in [-0.39, 0.29) is 9.90 Å². The molecule has 0 aromatic heterocycles. The third-order valence-electron chi connectivity index (χ3n) is 1.64. The fourth-order valence-electron chi connectivity index (χ4n) is 1.01. The number of benzene rings is 1.